The molecular weight excluding hydrogens is 344 g/mol. The first-order valence-electron chi connectivity index (χ1n) is 8.80. The van der Waals surface area contributed by atoms with Crippen molar-refractivity contribution in [1.82, 2.24) is 19.7 Å². The van der Waals surface area contributed by atoms with Crippen molar-refractivity contribution in [3.05, 3.63) is 57.9 Å². The standard InChI is InChI=1S/C20H20N4O3/c1-11-8-16(17-12(2)22-23(3)18(17)21-11)19(25)24-7-6-13-4-5-14(20(26)27)9-15(13)10-24/h4-5,8-9H,6-7,10H2,1-3H3,(H,26,27). The lowest BCUT2D eigenvalue weighted by Gasteiger charge is -2.29. The zero-order valence-electron chi connectivity index (χ0n) is 15.5. The van der Waals surface area contributed by atoms with Crippen LogP contribution in [0.4, 0.5) is 0 Å². The van der Waals surface area contributed by atoms with Crippen molar-refractivity contribution in [2.24, 2.45) is 7.05 Å². The zero-order chi connectivity index (χ0) is 19.3. The molecular formula is C20H20N4O3. The number of aromatic carboxylic acids is 1. The number of amides is 1. The van der Waals surface area contributed by atoms with Gasteiger partial charge in [-0.1, -0.05) is 6.07 Å². The monoisotopic (exact) mass is 364 g/mol. The van der Waals surface area contributed by atoms with Crippen LogP contribution in [0.5, 0.6) is 0 Å². The van der Waals surface area contributed by atoms with Gasteiger partial charge in [0.1, 0.15) is 0 Å². The molecule has 0 saturated carbocycles. The number of carboxylic acid groups (broad SMARTS) is 1. The Kier molecular flexibility index (Phi) is 3.95. The fourth-order valence-corrected chi connectivity index (χ4v) is 3.77. The fourth-order valence-electron chi connectivity index (χ4n) is 3.77. The molecule has 1 N–H and O–H groups in total. The van der Waals surface area contributed by atoms with E-state index in [1.807, 2.05) is 33.0 Å². The second kappa shape index (κ2) is 6.19. The summed E-state index contributed by atoms with van der Waals surface area (Å²) in [6.07, 6.45) is 0.709. The molecule has 0 spiro atoms. The Morgan fingerprint density at radius 1 is 1.15 bits per heavy atom. The van der Waals surface area contributed by atoms with Crippen LogP contribution in [0.25, 0.3) is 11.0 Å². The van der Waals surface area contributed by atoms with E-state index >= 15 is 0 Å². The number of nitrogens with zero attached hydrogens (tertiary/aromatic N) is 4. The number of aromatic nitrogens is 3. The molecule has 27 heavy (non-hydrogen) atoms. The van der Waals surface area contributed by atoms with Gasteiger partial charge in [-0.2, -0.15) is 5.10 Å². The van der Waals surface area contributed by atoms with E-state index in [1.165, 1.54) is 0 Å². The number of hydrogen-bond acceptors (Lipinski definition) is 4. The summed E-state index contributed by atoms with van der Waals surface area (Å²) in [4.78, 5) is 30.8. The number of carboxylic acids is 1. The lowest BCUT2D eigenvalue weighted by atomic mass is 9.96. The first-order valence-corrected chi connectivity index (χ1v) is 8.80. The van der Waals surface area contributed by atoms with Crippen LogP contribution in [0.15, 0.2) is 24.3 Å². The lowest BCUT2D eigenvalue weighted by Crippen LogP contribution is -2.36. The Morgan fingerprint density at radius 3 is 2.67 bits per heavy atom. The van der Waals surface area contributed by atoms with E-state index in [1.54, 1.807) is 21.7 Å². The number of hydrogen-bond donors (Lipinski definition) is 1. The first kappa shape index (κ1) is 17.2. The number of carbonyl (C=O) groups excluding carboxylic acids is 1. The molecule has 0 atom stereocenters. The maximum atomic E-state index is 13.3. The minimum absolute atomic E-state index is 0.0759. The van der Waals surface area contributed by atoms with Gasteiger partial charge in [-0.15, -0.1) is 0 Å². The van der Waals surface area contributed by atoms with Gasteiger partial charge < -0.3 is 10.0 Å². The molecule has 1 aliphatic rings. The van der Waals surface area contributed by atoms with Gasteiger partial charge in [0, 0.05) is 25.8 Å². The summed E-state index contributed by atoms with van der Waals surface area (Å²) in [7, 11) is 1.82. The molecule has 1 aliphatic heterocycles. The molecule has 1 amide bonds. The van der Waals surface area contributed by atoms with Crippen LogP contribution in [0.2, 0.25) is 0 Å². The van der Waals surface area contributed by atoms with E-state index in [0.29, 0.717) is 30.7 Å². The van der Waals surface area contributed by atoms with E-state index in [9.17, 15) is 14.7 Å². The highest BCUT2D eigenvalue weighted by atomic mass is 16.4. The van der Waals surface area contributed by atoms with Crippen molar-refractivity contribution in [3.63, 3.8) is 0 Å². The van der Waals surface area contributed by atoms with Gasteiger partial charge >= 0.3 is 5.97 Å². The minimum Gasteiger partial charge on any atom is -0.478 e. The van der Waals surface area contributed by atoms with Gasteiger partial charge in [0.05, 0.1) is 22.2 Å². The van der Waals surface area contributed by atoms with Crippen molar-refractivity contribution in [3.8, 4) is 0 Å². The third-order valence-electron chi connectivity index (χ3n) is 5.08. The van der Waals surface area contributed by atoms with Crippen molar-refractivity contribution < 1.29 is 14.7 Å². The highest BCUT2D eigenvalue weighted by Crippen LogP contribution is 2.26. The fraction of sp³-hybridized carbons (Fsp3) is 0.300. The van der Waals surface area contributed by atoms with Crippen LogP contribution in [-0.4, -0.2) is 43.2 Å². The second-order valence-electron chi connectivity index (χ2n) is 6.98. The molecule has 0 saturated heterocycles. The Morgan fingerprint density at radius 2 is 1.93 bits per heavy atom. The van der Waals surface area contributed by atoms with Crippen LogP contribution in [0.3, 0.4) is 0 Å². The van der Waals surface area contributed by atoms with E-state index < -0.39 is 5.97 Å². The Hall–Kier alpha value is -3.22. The van der Waals surface area contributed by atoms with Crippen molar-refractivity contribution in [2.75, 3.05) is 6.54 Å². The normalized spacial score (nSPS) is 13.7. The maximum Gasteiger partial charge on any atom is 0.335 e. The quantitative estimate of drug-likeness (QED) is 0.755. The van der Waals surface area contributed by atoms with E-state index in [2.05, 4.69) is 10.1 Å². The molecule has 7 nitrogen and oxygen atoms in total. The average Bonchev–Trinajstić information content (AvgIpc) is 2.93. The zero-order valence-corrected chi connectivity index (χ0v) is 15.5. The highest BCUT2D eigenvalue weighted by molar-refractivity contribution is 6.06. The van der Waals surface area contributed by atoms with Gasteiger partial charge in [0.15, 0.2) is 5.65 Å². The molecule has 3 aromatic rings. The largest absolute Gasteiger partial charge is 0.478 e. The Balaban J connectivity index is 1.73. The first-order chi connectivity index (χ1) is 12.8. The van der Waals surface area contributed by atoms with Crippen LogP contribution in [0.1, 0.15) is 43.2 Å². The predicted molar refractivity (Wildman–Crippen MR) is 99.8 cm³/mol. The van der Waals surface area contributed by atoms with E-state index in [-0.39, 0.29) is 11.5 Å². The molecule has 138 valence electrons. The highest BCUT2D eigenvalue weighted by Gasteiger charge is 2.26. The van der Waals surface area contributed by atoms with Crippen LogP contribution in [0, 0.1) is 13.8 Å². The summed E-state index contributed by atoms with van der Waals surface area (Å²) in [5, 5.41) is 14.4. The average molecular weight is 364 g/mol. The molecule has 0 radical (unpaired) electrons. The van der Waals surface area contributed by atoms with Crippen molar-refractivity contribution in [1.29, 1.82) is 0 Å². The van der Waals surface area contributed by atoms with Crippen LogP contribution in [-0.2, 0) is 20.0 Å². The van der Waals surface area contributed by atoms with Gasteiger partial charge in [0.2, 0.25) is 0 Å². The Bertz CT molecular complexity index is 1100. The molecule has 4 rings (SSSR count). The minimum atomic E-state index is -0.960. The molecule has 0 unspecified atom stereocenters. The molecule has 7 heteroatoms. The van der Waals surface area contributed by atoms with E-state index in [0.717, 1.165) is 27.9 Å². The van der Waals surface area contributed by atoms with Crippen molar-refractivity contribution in [2.45, 2.75) is 26.8 Å². The summed E-state index contributed by atoms with van der Waals surface area (Å²) in [5.74, 6) is -1.04. The third kappa shape index (κ3) is 2.85. The number of fused-ring (bicyclic) bond motifs is 2. The Labute approximate surface area is 156 Å². The molecule has 2 aromatic heterocycles. The number of pyridine rings is 1. The summed E-state index contributed by atoms with van der Waals surface area (Å²) in [6, 6.07) is 6.94. The third-order valence-corrected chi connectivity index (χ3v) is 5.08. The van der Waals surface area contributed by atoms with Gasteiger partial charge in [-0.25, -0.2) is 9.78 Å². The van der Waals surface area contributed by atoms with Crippen LogP contribution >= 0.6 is 0 Å². The molecule has 0 fully saturated rings. The lowest BCUT2D eigenvalue weighted by molar-refractivity contribution is 0.0696. The smallest absolute Gasteiger partial charge is 0.335 e. The molecule has 0 aliphatic carbocycles. The van der Waals surface area contributed by atoms with Gasteiger partial charge in [0.25, 0.3) is 5.91 Å². The van der Waals surface area contributed by atoms with Crippen molar-refractivity contribution >= 4 is 22.9 Å². The van der Waals surface area contributed by atoms with Crippen LogP contribution < -0.4 is 0 Å². The number of carbonyl (C=O) groups is 2. The molecule has 0 bridgehead atoms. The topological polar surface area (TPSA) is 88.3 Å². The summed E-state index contributed by atoms with van der Waals surface area (Å²) in [5.41, 5.74) is 5.06. The maximum absolute atomic E-state index is 13.3. The SMILES string of the molecule is Cc1cc(C(=O)N2CCc3ccc(C(=O)O)cc3C2)c2c(C)nn(C)c2n1. The predicted octanol–water partition coefficient (Wildman–Crippen LogP) is 2.48. The summed E-state index contributed by atoms with van der Waals surface area (Å²) >= 11 is 0. The number of aryl methyl sites for hydroxylation is 3. The number of benzene rings is 1. The van der Waals surface area contributed by atoms with Gasteiger partial charge in [-0.05, 0) is 49.6 Å². The molecule has 3 heterocycles. The second-order valence-corrected chi connectivity index (χ2v) is 6.98. The van der Waals surface area contributed by atoms with Gasteiger partial charge in [-0.3, -0.25) is 9.48 Å². The summed E-state index contributed by atoms with van der Waals surface area (Å²) < 4.78 is 1.69. The van der Waals surface area contributed by atoms with E-state index in [4.69, 9.17) is 0 Å². The number of rotatable bonds is 2. The summed E-state index contributed by atoms with van der Waals surface area (Å²) in [6.45, 7) is 4.74. The molecule has 1 aromatic carbocycles.